The monoisotopic (exact) mass is 503 g/mol. The third-order valence-electron chi connectivity index (χ3n) is 4.63. The van der Waals surface area contributed by atoms with E-state index in [1.807, 2.05) is 6.07 Å². The molecule has 3 aromatic carbocycles. The third kappa shape index (κ3) is 6.47. The fourth-order valence-electron chi connectivity index (χ4n) is 2.91. The lowest BCUT2D eigenvalue weighted by Gasteiger charge is -2.14. The van der Waals surface area contributed by atoms with Crippen molar-refractivity contribution < 1.29 is 14.5 Å². The third-order valence-corrected chi connectivity index (χ3v) is 6.27. The summed E-state index contributed by atoms with van der Waals surface area (Å²) in [5, 5.41) is 16.7. The molecule has 170 valence electrons. The molecule has 0 aliphatic heterocycles. The van der Waals surface area contributed by atoms with Gasteiger partial charge in [0.05, 0.1) is 20.8 Å². The number of halogens is 2. The molecule has 0 spiro atoms. The molecular weight excluding hydrogens is 485 g/mol. The predicted octanol–water partition coefficient (Wildman–Crippen LogP) is 6.58. The van der Waals surface area contributed by atoms with Crippen molar-refractivity contribution >= 4 is 63.8 Å². The van der Waals surface area contributed by atoms with Crippen LogP contribution in [0.4, 0.5) is 17.1 Å². The van der Waals surface area contributed by atoms with Crippen LogP contribution in [0.5, 0.6) is 0 Å². The topological polar surface area (TPSA) is 101 Å². The molecule has 33 heavy (non-hydrogen) atoms. The van der Waals surface area contributed by atoms with Gasteiger partial charge >= 0.3 is 0 Å². The molecule has 0 aliphatic rings. The fraction of sp³-hybridized carbons (Fsp3) is 0.130. The lowest BCUT2D eigenvalue weighted by atomic mass is 10.2. The van der Waals surface area contributed by atoms with Crippen LogP contribution in [-0.4, -0.2) is 22.0 Å². The molecule has 0 saturated heterocycles. The zero-order valence-corrected chi connectivity index (χ0v) is 19.9. The molecule has 2 N–H and O–H groups in total. The van der Waals surface area contributed by atoms with Crippen molar-refractivity contribution in [3.63, 3.8) is 0 Å². The van der Waals surface area contributed by atoms with Crippen LogP contribution in [0.1, 0.15) is 22.8 Å². The minimum atomic E-state index is -0.482. The Morgan fingerprint density at radius 3 is 2.45 bits per heavy atom. The van der Waals surface area contributed by atoms with Gasteiger partial charge in [0.25, 0.3) is 11.6 Å². The van der Waals surface area contributed by atoms with E-state index in [4.69, 9.17) is 23.2 Å². The predicted molar refractivity (Wildman–Crippen MR) is 133 cm³/mol. The number of nitro groups is 1. The highest BCUT2D eigenvalue weighted by Crippen LogP contribution is 2.28. The molecule has 7 nitrogen and oxygen atoms in total. The van der Waals surface area contributed by atoms with Crippen molar-refractivity contribution in [1.82, 2.24) is 0 Å². The SMILES string of the molecule is Cc1cc([N+](=O)[O-])ccc1NC(=O)C(C)Sc1cccc(NC(=O)c2ccc(Cl)cc2Cl)c1. The average Bonchev–Trinajstić information content (AvgIpc) is 2.75. The second-order valence-electron chi connectivity index (χ2n) is 7.11. The normalized spacial score (nSPS) is 11.5. The molecule has 0 aliphatic carbocycles. The summed E-state index contributed by atoms with van der Waals surface area (Å²) in [5.74, 6) is -0.627. The molecule has 0 saturated carbocycles. The van der Waals surface area contributed by atoms with Gasteiger partial charge in [-0.1, -0.05) is 29.3 Å². The van der Waals surface area contributed by atoms with Crippen LogP contribution in [0.15, 0.2) is 65.6 Å². The zero-order chi connectivity index (χ0) is 24.1. The number of aryl methyl sites for hydroxylation is 1. The molecule has 0 radical (unpaired) electrons. The Labute approximate surface area is 204 Å². The van der Waals surface area contributed by atoms with Gasteiger partial charge in [0, 0.05) is 33.4 Å². The first-order valence-corrected chi connectivity index (χ1v) is 11.4. The Morgan fingerprint density at radius 1 is 1.03 bits per heavy atom. The summed E-state index contributed by atoms with van der Waals surface area (Å²) in [5.41, 5.74) is 1.92. The van der Waals surface area contributed by atoms with Gasteiger partial charge in [-0.3, -0.25) is 19.7 Å². The van der Waals surface area contributed by atoms with Crippen molar-refractivity contribution in [2.75, 3.05) is 10.6 Å². The molecule has 0 bridgehead atoms. The molecule has 0 aromatic heterocycles. The number of nitrogens with one attached hydrogen (secondary N) is 2. The zero-order valence-electron chi connectivity index (χ0n) is 17.6. The maximum Gasteiger partial charge on any atom is 0.269 e. The van der Waals surface area contributed by atoms with Crippen molar-refractivity contribution in [3.05, 3.63) is 92.0 Å². The number of anilines is 2. The first kappa shape index (κ1) is 24.6. The van der Waals surface area contributed by atoms with E-state index in [2.05, 4.69) is 10.6 Å². The Bertz CT molecular complexity index is 1240. The lowest BCUT2D eigenvalue weighted by molar-refractivity contribution is -0.384. The van der Waals surface area contributed by atoms with E-state index in [0.29, 0.717) is 27.5 Å². The molecule has 3 rings (SSSR count). The van der Waals surface area contributed by atoms with E-state index in [0.717, 1.165) is 4.90 Å². The van der Waals surface area contributed by atoms with Gasteiger partial charge in [-0.25, -0.2) is 0 Å². The number of nitrogens with zero attached hydrogens (tertiary/aromatic N) is 1. The van der Waals surface area contributed by atoms with Crippen LogP contribution < -0.4 is 10.6 Å². The van der Waals surface area contributed by atoms with E-state index in [1.165, 1.54) is 36.0 Å². The number of rotatable bonds is 7. The summed E-state index contributed by atoms with van der Waals surface area (Å²) >= 11 is 13.3. The van der Waals surface area contributed by atoms with Gasteiger partial charge in [-0.15, -0.1) is 11.8 Å². The Morgan fingerprint density at radius 2 is 1.79 bits per heavy atom. The molecule has 10 heteroatoms. The summed E-state index contributed by atoms with van der Waals surface area (Å²) in [6.07, 6.45) is 0. The van der Waals surface area contributed by atoms with E-state index in [9.17, 15) is 19.7 Å². The number of carbonyl (C=O) groups is 2. The Kier molecular flexibility index (Phi) is 7.97. The first-order valence-electron chi connectivity index (χ1n) is 9.73. The number of hydrogen-bond acceptors (Lipinski definition) is 5. The Balaban J connectivity index is 1.65. The van der Waals surface area contributed by atoms with E-state index in [1.54, 1.807) is 44.2 Å². The summed E-state index contributed by atoms with van der Waals surface area (Å²) in [7, 11) is 0. The highest BCUT2D eigenvalue weighted by atomic mass is 35.5. The molecule has 0 heterocycles. The van der Waals surface area contributed by atoms with Crippen LogP contribution in [0.3, 0.4) is 0 Å². The van der Waals surface area contributed by atoms with Crippen molar-refractivity contribution in [2.24, 2.45) is 0 Å². The molecule has 1 atom stereocenters. The average molecular weight is 504 g/mol. The minimum Gasteiger partial charge on any atom is -0.325 e. The summed E-state index contributed by atoms with van der Waals surface area (Å²) < 4.78 is 0. The summed E-state index contributed by atoms with van der Waals surface area (Å²) in [6.45, 7) is 3.44. The van der Waals surface area contributed by atoms with Gasteiger partial charge in [0.15, 0.2) is 0 Å². The highest BCUT2D eigenvalue weighted by Gasteiger charge is 2.17. The maximum atomic E-state index is 12.6. The van der Waals surface area contributed by atoms with Gasteiger partial charge in [-0.05, 0) is 61.9 Å². The van der Waals surface area contributed by atoms with Crippen molar-refractivity contribution in [2.45, 2.75) is 24.0 Å². The first-order chi connectivity index (χ1) is 15.6. The van der Waals surface area contributed by atoms with Gasteiger partial charge in [-0.2, -0.15) is 0 Å². The maximum absolute atomic E-state index is 12.6. The lowest BCUT2D eigenvalue weighted by Crippen LogP contribution is -2.22. The molecule has 2 amide bonds. The van der Waals surface area contributed by atoms with Crippen LogP contribution in [0, 0.1) is 17.0 Å². The number of benzene rings is 3. The van der Waals surface area contributed by atoms with Crippen LogP contribution >= 0.6 is 35.0 Å². The number of thioether (sulfide) groups is 1. The van der Waals surface area contributed by atoms with Crippen molar-refractivity contribution in [1.29, 1.82) is 0 Å². The van der Waals surface area contributed by atoms with Crippen LogP contribution in [0.2, 0.25) is 10.0 Å². The number of non-ortho nitro benzene ring substituents is 1. The van der Waals surface area contributed by atoms with Gasteiger partial charge in [0.2, 0.25) is 5.91 Å². The van der Waals surface area contributed by atoms with Gasteiger partial charge in [0.1, 0.15) is 0 Å². The van der Waals surface area contributed by atoms with Crippen LogP contribution in [-0.2, 0) is 4.79 Å². The van der Waals surface area contributed by atoms with Crippen molar-refractivity contribution in [3.8, 4) is 0 Å². The molecule has 3 aromatic rings. The number of amides is 2. The minimum absolute atomic E-state index is 0.0355. The standard InChI is InChI=1S/C23H19Cl2N3O4S/c1-13-10-17(28(31)32)7-9-21(13)27-22(29)14(2)33-18-5-3-4-16(12-18)26-23(30)19-8-6-15(24)11-20(19)25/h3-12,14H,1-2H3,(H,26,30)(H,27,29). The second kappa shape index (κ2) is 10.7. The Hall–Kier alpha value is -3.07. The second-order valence-corrected chi connectivity index (χ2v) is 9.37. The molecular formula is C23H19Cl2N3O4S. The summed E-state index contributed by atoms with van der Waals surface area (Å²) in [4.78, 5) is 36.4. The molecule has 0 fully saturated rings. The smallest absolute Gasteiger partial charge is 0.269 e. The largest absolute Gasteiger partial charge is 0.325 e. The number of hydrogen-bond donors (Lipinski definition) is 2. The number of carbonyl (C=O) groups excluding carboxylic acids is 2. The summed E-state index contributed by atoms with van der Waals surface area (Å²) in [6, 6.07) is 16.0. The number of nitro benzene ring substituents is 1. The molecule has 1 unspecified atom stereocenters. The highest BCUT2D eigenvalue weighted by molar-refractivity contribution is 8.00. The quantitative estimate of drug-likeness (QED) is 0.215. The van der Waals surface area contributed by atoms with E-state index < -0.39 is 10.2 Å². The fourth-order valence-corrected chi connectivity index (χ4v) is 4.33. The van der Waals surface area contributed by atoms with E-state index >= 15 is 0 Å². The van der Waals surface area contributed by atoms with Gasteiger partial charge < -0.3 is 10.6 Å². The van der Waals surface area contributed by atoms with E-state index in [-0.39, 0.29) is 22.5 Å². The van der Waals surface area contributed by atoms with Crippen LogP contribution in [0.25, 0.3) is 0 Å².